The Bertz CT molecular complexity index is 1560. The molecule has 0 bridgehead atoms. The minimum absolute atomic E-state index is 0.0293. The van der Waals surface area contributed by atoms with Gasteiger partial charge in [0, 0.05) is 30.3 Å². The second kappa shape index (κ2) is 8.86. The Morgan fingerprint density at radius 2 is 1.35 bits per heavy atom. The summed E-state index contributed by atoms with van der Waals surface area (Å²) in [4.78, 5) is 4.74. The maximum atomic E-state index is 4.51. The lowest BCUT2D eigenvalue weighted by molar-refractivity contribution is 0.460. The van der Waals surface area contributed by atoms with Crippen LogP contribution in [0.15, 0.2) is 84.3 Å². The van der Waals surface area contributed by atoms with Gasteiger partial charge in [0.15, 0.2) is 0 Å². The molecule has 1 aromatic heterocycles. The topological polar surface area (TPSA) is 35.2 Å². The second-order valence-electron chi connectivity index (χ2n) is 13.7. The van der Waals surface area contributed by atoms with Crippen LogP contribution < -0.4 is 4.90 Å². The van der Waals surface area contributed by atoms with E-state index in [1.54, 1.807) is 0 Å². The van der Waals surface area contributed by atoms with Crippen molar-refractivity contribution < 1.29 is 0 Å². The van der Waals surface area contributed by atoms with Crippen LogP contribution in [0.3, 0.4) is 0 Å². The van der Waals surface area contributed by atoms with Crippen molar-refractivity contribution in [2.45, 2.75) is 71.6 Å². The Hall–Kier alpha value is -3.79. The van der Waals surface area contributed by atoms with Crippen LogP contribution in [-0.4, -0.2) is 28.8 Å². The van der Waals surface area contributed by atoms with E-state index in [1.807, 2.05) is 6.20 Å². The third-order valence-corrected chi connectivity index (χ3v) is 9.22. The maximum absolute atomic E-state index is 4.51. The summed E-state index contributed by atoms with van der Waals surface area (Å²) in [6.07, 6.45) is 1.89. The molecule has 6 rings (SSSR count). The maximum Gasteiger partial charge on any atom is 0.0943 e. The molecule has 0 fully saturated rings. The third kappa shape index (κ3) is 3.83. The van der Waals surface area contributed by atoms with E-state index in [4.69, 9.17) is 0 Å². The van der Waals surface area contributed by atoms with E-state index < -0.39 is 5.41 Å². The third-order valence-electron chi connectivity index (χ3n) is 9.22. The first-order valence-electron chi connectivity index (χ1n) is 14.4. The predicted molar refractivity (Wildman–Crippen MR) is 167 cm³/mol. The highest BCUT2D eigenvalue weighted by Gasteiger charge is 2.48. The summed E-state index contributed by atoms with van der Waals surface area (Å²) < 4.78 is 0. The molecular weight excluding hydrogens is 488 g/mol. The Kier molecular flexibility index (Phi) is 5.85. The van der Waals surface area contributed by atoms with Crippen LogP contribution in [-0.2, 0) is 16.2 Å². The number of anilines is 1. The molecule has 1 N–H and O–H groups in total. The summed E-state index contributed by atoms with van der Waals surface area (Å²) in [6, 6.07) is 25.6. The van der Waals surface area contributed by atoms with E-state index in [9.17, 15) is 0 Å². The molecule has 4 heteroatoms. The van der Waals surface area contributed by atoms with Gasteiger partial charge in [0.1, 0.15) is 0 Å². The largest absolute Gasteiger partial charge is 0.359 e. The van der Waals surface area contributed by atoms with Crippen molar-refractivity contribution in [2.24, 2.45) is 0 Å². The van der Waals surface area contributed by atoms with Crippen molar-refractivity contribution in [3.63, 3.8) is 0 Å². The van der Waals surface area contributed by atoms with Crippen molar-refractivity contribution in [3.8, 4) is 11.1 Å². The SMILES string of the molecule is CC1=C(C)N(c2cccc(C3(c4ccn[nH]4)c4cc(C(C)(C)C)ccc4-c4ccc(C(C)(C)C)cc43)c2)CN1C. The smallest absolute Gasteiger partial charge is 0.0943 e. The van der Waals surface area contributed by atoms with Crippen LogP contribution >= 0.6 is 0 Å². The number of nitrogens with one attached hydrogen (secondary N) is 1. The fourth-order valence-corrected chi connectivity index (χ4v) is 6.56. The van der Waals surface area contributed by atoms with Crippen molar-refractivity contribution in [2.75, 3.05) is 18.6 Å². The van der Waals surface area contributed by atoms with Gasteiger partial charge in [-0.05, 0) is 81.8 Å². The van der Waals surface area contributed by atoms with Crippen LogP contribution in [0.4, 0.5) is 5.69 Å². The highest BCUT2D eigenvalue weighted by Crippen LogP contribution is 2.57. The van der Waals surface area contributed by atoms with Gasteiger partial charge >= 0.3 is 0 Å². The molecule has 40 heavy (non-hydrogen) atoms. The first kappa shape index (κ1) is 26.4. The van der Waals surface area contributed by atoms with E-state index in [0.717, 1.165) is 12.4 Å². The zero-order valence-electron chi connectivity index (χ0n) is 25.5. The Balaban J connectivity index is 1.70. The molecule has 2 heterocycles. The minimum Gasteiger partial charge on any atom is -0.359 e. The van der Waals surface area contributed by atoms with Crippen LogP contribution in [0.5, 0.6) is 0 Å². The molecule has 0 atom stereocenters. The van der Waals surface area contributed by atoms with Gasteiger partial charge in [-0.2, -0.15) is 5.10 Å². The average molecular weight is 531 g/mol. The predicted octanol–water partition coefficient (Wildman–Crippen LogP) is 8.33. The second-order valence-corrected chi connectivity index (χ2v) is 13.7. The molecule has 0 amide bonds. The fourth-order valence-electron chi connectivity index (χ4n) is 6.56. The molecule has 1 aliphatic carbocycles. The van der Waals surface area contributed by atoms with Crippen molar-refractivity contribution in [1.29, 1.82) is 0 Å². The number of aromatic nitrogens is 2. The lowest BCUT2D eigenvalue weighted by atomic mass is 9.68. The number of rotatable bonds is 3. The van der Waals surface area contributed by atoms with Crippen LogP contribution in [0.25, 0.3) is 11.1 Å². The number of benzene rings is 3. The number of hydrogen-bond donors (Lipinski definition) is 1. The molecule has 0 radical (unpaired) electrons. The molecule has 206 valence electrons. The molecule has 0 saturated carbocycles. The zero-order chi connectivity index (χ0) is 28.6. The van der Waals surface area contributed by atoms with Gasteiger partial charge in [0.05, 0.1) is 17.8 Å². The van der Waals surface area contributed by atoms with E-state index in [1.165, 1.54) is 56.0 Å². The van der Waals surface area contributed by atoms with E-state index in [-0.39, 0.29) is 10.8 Å². The first-order chi connectivity index (χ1) is 18.8. The number of fused-ring (bicyclic) bond motifs is 3. The van der Waals surface area contributed by atoms with E-state index in [0.29, 0.717) is 0 Å². The fraction of sp³-hybridized carbons (Fsp3) is 0.361. The summed E-state index contributed by atoms with van der Waals surface area (Å²) in [5, 5.41) is 7.96. The Labute approximate surface area is 239 Å². The van der Waals surface area contributed by atoms with E-state index in [2.05, 4.69) is 149 Å². The summed E-state index contributed by atoms with van der Waals surface area (Å²) in [6.45, 7) is 19.1. The number of aromatic amines is 1. The van der Waals surface area contributed by atoms with Gasteiger partial charge in [-0.1, -0.05) is 90.1 Å². The van der Waals surface area contributed by atoms with Gasteiger partial charge in [-0.25, -0.2) is 0 Å². The summed E-state index contributed by atoms with van der Waals surface area (Å²) in [7, 11) is 2.17. The van der Waals surface area contributed by atoms with Crippen molar-refractivity contribution in [3.05, 3.63) is 118 Å². The number of nitrogens with zero attached hydrogens (tertiary/aromatic N) is 3. The standard InChI is InChI=1S/C36H42N4/c1-23-24(2)40(22-39(23)9)28-12-10-11-27(19-28)36(33-17-18-37-38-33)31-20-25(34(3,4)5)13-15-29(31)30-16-14-26(21-32(30)36)35(6,7)8/h10-21H,22H2,1-9H3,(H,37,38). The first-order valence-corrected chi connectivity index (χ1v) is 14.4. The summed E-state index contributed by atoms with van der Waals surface area (Å²) in [5.74, 6) is 0. The lowest BCUT2D eigenvalue weighted by Gasteiger charge is -2.34. The van der Waals surface area contributed by atoms with Crippen LogP contribution in [0.2, 0.25) is 0 Å². The molecule has 3 aromatic carbocycles. The number of hydrogen-bond acceptors (Lipinski definition) is 3. The summed E-state index contributed by atoms with van der Waals surface area (Å²) >= 11 is 0. The average Bonchev–Trinajstić information content (AvgIpc) is 3.60. The molecular formula is C36H42N4. The molecule has 2 aliphatic rings. The van der Waals surface area contributed by atoms with E-state index >= 15 is 0 Å². The van der Waals surface area contributed by atoms with Gasteiger partial charge in [-0.15, -0.1) is 0 Å². The molecule has 0 spiro atoms. The quantitative estimate of drug-likeness (QED) is 0.255. The molecule has 4 aromatic rings. The molecule has 4 nitrogen and oxygen atoms in total. The Morgan fingerprint density at radius 3 is 1.82 bits per heavy atom. The van der Waals surface area contributed by atoms with Crippen molar-refractivity contribution in [1.82, 2.24) is 15.1 Å². The molecule has 1 aliphatic heterocycles. The lowest BCUT2D eigenvalue weighted by Crippen LogP contribution is -2.31. The Morgan fingerprint density at radius 1 is 0.750 bits per heavy atom. The normalized spacial score (nSPS) is 16.5. The molecule has 0 unspecified atom stereocenters. The monoisotopic (exact) mass is 530 g/mol. The van der Waals surface area contributed by atoms with Crippen LogP contribution in [0, 0.1) is 0 Å². The van der Waals surface area contributed by atoms with Crippen molar-refractivity contribution >= 4 is 5.69 Å². The zero-order valence-corrected chi connectivity index (χ0v) is 25.5. The number of allylic oxidation sites excluding steroid dienone is 2. The van der Waals surface area contributed by atoms with Crippen LogP contribution in [0.1, 0.15) is 88.9 Å². The minimum atomic E-state index is -0.516. The van der Waals surface area contributed by atoms with Gasteiger partial charge < -0.3 is 9.80 Å². The van der Waals surface area contributed by atoms with Gasteiger partial charge in [0.25, 0.3) is 0 Å². The highest BCUT2D eigenvalue weighted by atomic mass is 15.4. The van der Waals surface area contributed by atoms with Gasteiger partial charge in [-0.3, -0.25) is 5.10 Å². The highest BCUT2D eigenvalue weighted by molar-refractivity contribution is 5.87. The number of H-pyrrole nitrogens is 1. The molecule has 0 saturated heterocycles. The van der Waals surface area contributed by atoms with Gasteiger partial charge in [0.2, 0.25) is 0 Å². The summed E-state index contributed by atoms with van der Waals surface area (Å²) in [5.41, 5.74) is 13.7.